The van der Waals surface area contributed by atoms with E-state index in [0.717, 1.165) is 35.6 Å². The Balaban J connectivity index is 1.80. The topological polar surface area (TPSA) is 165 Å². The minimum atomic E-state index is -0.791. The largest absolute Gasteiger partial charge is 0.445 e. The van der Waals surface area contributed by atoms with Crippen LogP contribution < -0.4 is 32.4 Å². The van der Waals surface area contributed by atoms with Gasteiger partial charge in [0, 0.05) is 36.4 Å². The van der Waals surface area contributed by atoms with Gasteiger partial charge in [0.2, 0.25) is 23.6 Å². The van der Waals surface area contributed by atoms with Crippen molar-refractivity contribution in [3.05, 3.63) is 52.2 Å². The van der Waals surface area contributed by atoms with Crippen molar-refractivity contribution in [3.63, 3.8) is 0 Å². The summed E-state index contributed by atoms with van der Waals surface area (Å²) in [6.45, 7) is 15.6. The number of aryl methyl sites for hydroxylation is 1. The van der Waals surface area contributed by atoms with Gasteiger partial charge in [-0.25, -0.2) is 4.79 Å². The second-order valence-corrected chi connectivity index (χ2v) is 12.5. The molecule has 47 heavy (non-hydrogen) atoms. The molecule has 5 N–H and O–H groups in total. The van der Waals surface area contributed by atoms with Crippen LogP contribution in [0.3, 0.4) is 0 Å². The molecule has 0 aliphatic carbocycles. The summed E-state index contributed by atoms with van der Waals surface area (Å²) in [4.78, 5) is 63.5. The fraction of sp³-hybridized carbons (Fsp3) is 0.514. The third-order valence-electron chi connectivity index (χ3n) is 7.98. The monoisotopic (exact) mass is 652 g/mol. The predicted octanol–water partition coefficient (Wildman–Crippen LogP) is 2.54. The van der Waals surface area contributed by atoms with E-state index in [2.05, 4.69) is 27.1 Å². The van der Waals surface area contributed by atoms with Gasteiger partial charge in [-0.05, 0) is 73.9 Å². The molecule has 0 aliphatic rings. The standard InChI is InChI=1S/C35H52N6O6/c1-9-28-17-14-25(7)41(28)18-12-10-11-13-29(42)39-31(22(2)3)34(45)37-20-30(43)38-27-16-15-26(24(6)19-27)21-47-35(46)40(8)32(23(4)5)33(36)44/h9,14-17,19,22-23,31-32H,7,10-13,18,20-21H2,1-6,8H3,(H2,36,44)(H,37,45)(H,38,43)(H,39,42)/b28-9-. The zero-order valence-corrected chi connectivity index (χ0v) is 28.9. The zero-order chi connectivity index (χ0) is 35.3. The number of ether oxygens (including phenoxy) is 1. The maximum absolute atomic E-state index is 12.9. The van der Waals surface area contributed by atoms with Crippen LogP contribution >= 0.6 is 0 Å². The van der Waals surface area contributed by atoms with Crippen molar-refractivity contribution >= 4 is 48.1 Å². The number of hydrogen-bond donors (Lipinski definition) is 4. The van der Waals surface area contributed by atoms with Gasteiger partial charge >= 0.3 is 6.09 Å². The maximum Gasteiger partial charge on any atom is 0.410 e. The van der Waals surface area contributed by atoms with Crippen LogP contribution in [-0.2, 0) is 37.1 Å². The lowest BCUT2D eigenvalue weighted by Crippen LogP contribution is -2.51. The highest BCUT2D eigenvalue weighted by molar-refractivity contribution is 5.96. The summed E-state index contributed by atoms with van der Waals surface area (Å²) in [5, 5.41) is 10.3. The summed E-state index contributed by atoms with van der Waals surface area (Å²) in [6.07, 6.45) is 4.16. The number of carbonyl (C=O) groups excluding carboxylic acids is 5. The van der Waals surface area contributed by atoms with Gasteiger partial charge < -0.3 is 31.0 Å². The van der Waals surface area contributed by atoms with Gasteiger partial charge in [0.25, 0.3) is 0 Å². The molecule has 2 rings (SSSR count). The number of carbonyl (C=O) groups is 5. The van der Waals surface area contributed by atoms with E-state index in [9.17, 15) is 24.0 Å². The Morgan fingerprint density at radius 2 is 1.70 bits per heavy atom. The Bertz CT molecular complexity index is 1510. The van der Waals surface area contributed by atoms with Crippen LogP contribution in [0.4, 0.5) is 10.5 Å². The van der Waals surface area contributed by atoms with Gasteiger partial charge in [-0.1, -0.05) is 52.8 Å². The number of rotatable bonds is 17. The Morgan fingerprint density at radius 1 is 1.00 bits per heavy atom. The van der Waals surface area contributed by atoms with E-state index in [-0.39, 0.29) is 30.9 Å². The molecule has 2 unspecified atom stereocenters. The molecule has 0 saturated heterocycles. The lowest BCUT2D eigenvalue weighted by molar-refractivity contribution is -0.130. The number of benzene rings is 1. The highest BCUT2D eigenvalue weighted by Gasteiger charge is 2.29. The molecule has 2 atom stereocenters. The molecular weight excluding hydrogens is 600 g/mol. The summed E-state index contributed by atoms with van der Waals surface area (Å²) in [5.74, 6) is -2.03. The molecule has 1 aromatic carbocycles. The Morgan fingerprint density at radius 3 is 2.30 bits per heavy atom. The first kappa shape index (κ1) is 38.6. The van der Waals surface area contributed by atoms with E-state index in [0.29, 0.717) is 24.1 Å². The SMILES string of the molecule is C=c1cc/c(=C/C)n1CCCCCC(=O)NC(C(=O)NCC(=O)Nc1ccc(COC(=O)N(C)C(C(N)=O)C(C)C)c(C)c1)C(C)C. The van der Waals surface area contributed by atoms with Crippen molar-refractivity contribution in [2.24, 2.45) is 17.6 Å². The van der Waals surface area contributed by atoms with Crippen molar-refractivity contribution in [3.8, 4) is 0 Å². The molecule has 1 aromatic heterocycles. The van der Waals surface area contributed by atoms with E-state index in [1.165, 1.54) is 11.9 Å². The number of aromatic nitrogens is 1. The average molecular weight is 653 g/mol. The second-order valence-electron chi connectivity index (χ2n) is 12.5. The molecular formula is C35H52N6O6. The Hall–Kier alpha value is -4.61. The minimum absolute atomic E-state index is 0.0327. The van der Waals surface area contributed by atoms with Crippen LogP contribution in [0, 0.1) is 18.8 Å². The first-order valence-corrected chi connectivity index (χ1v) is 16.1. The molecule has 2 aromatic rings. The lowest BCUT2D eigenvalue weighted by Gasteiger charge is -2.27. The molecule has 5 amide bonds. The number of likely N-dealkylation sites (N-methyl/N-ethyl adjacent to an activating group) is 1. The highest BCUT2D eigenvalue weighted by atomic mass is 16.6. The molecule has 0 bridgehead atoms. The fourth-order valence-electron chi connectivity index (χ4n) is 5.30. The Labute approximate surface area is 277 Å². The molecule has 12 heteroatoms. The number of unbranched alkanes of at least 4 members (excludes halogenated alkanes) is 2. The van der Waals surface area contributed by atoms with Gasteiger partial charge in [0.05, 0.1) is 6.54 Å². The predicted molar refractivity (Wildman–Crippen MR) is 183 cm³/mol. The van der Waals surface area contributed by atoms with Crippen molar-refractivity contribution in [2.75, 3.05) is 18.9 Å². The zero-order valence-electron chi connectivity index (χ0n) is 28.9. The van der Waals surface area contributed by atoms with Crippen molar-refractivity contribution in [1.82, 2.24) is 20.1 Å². The number of nitrogens with one attached hydrogen (secondary N) is 3. The summed E-state index contributed by atoms with van der Waals surface area (Å²) in [6, 6.07) is 7.57. The van der Waals surface area contributed by atoms with E-state index < -0.39 is 35.9 Å². The summed E-state index contributed by atoms with van der Waals surface area (Å²) >= 11 is 0. The van der Waals surface area contributed by atoms with Crippen molar-refractivity contribution in [1.29, 1.82) is 0 Å². The summed E-state index contributed by atoms with van der Waals surface area (Å²) in [7, 11) is 1.47. The Kier molecular flexibility index (Phi) is 15.2. The quantitative estimate of drug-likeness (QED) is 0.192. The highest BCUT2D eigenvalue weighted by Crippen LogP contribution is 2.17. The molecule has 1 heterocycles. The first-order chi connectivity index (χ1) is 22.2. The van der Waals surface area contributed by atoms with Gasteiger partial charge in [-0.15, -0.1) is 0 Å². The van der Waals surface area contributed by atoms with Crippen LogP contribution in [0.25, 0.3) is 12.7 Å². The van der Waals surface area contributed by atoms with Gasteiger partial charge in [0.15, 0.2) is 0 Å². The average Bonchev–Trinajstić information content (AvgIpc) is 3.36. The van der Waals surface area contributed by atoms with E-state index in [1.807, 2.05) is 45.9 Å². The molecule has 12 nitrogen and oxygen atoms in total. The molecule has 258 valence electrons. The smallest absolute Gasteiger partial charge is 0.410 e. The minimum Gasteiger partial charge on any atom is -0.445 e. The third-order valence-corrected chi connectivity index (χ3v) is 7.98. The normalized spacial score (nSPS) is 12.8. The third kappa shape index (κ3) is 11.9. The van der Waals surface area contributed by atoms with Crippen LogP contribution in [0.5, 0.6) is 0 Å². The van der Waals surface area contributed by atoms with Crippen molar-refractivity contribution in [2.45, 2.75) is 92.5 Å². The number of amides is 5. The van der Waals surface area contributed by atoms with Crippen LogP contribution in [0.15, 0.2) is 30.3 Å². The van der Waals surface area contributed by atoms with E-state index in [4.69, 9.17) is 10.5 Å². The van der Waals surface area contributed by atoms with Crippen molar-refractivity contribution < 1.29 is 28.7 Å². The van der Waals surface area contributed by atoms with Gasteiger partial charge in [-0.3, -0.25) is 24.1 Å². The molecule has 0 saturated carbocycles. The number of primary amides is 1. The molecule has 0 spiro atoms. The number of nitrogens with zero attached hydrogens (tertiary/aromatic N) is 2. The van der Waals surface area contributed by atoms with Gasteiger partial charge in [0.1, 0.15) is 18.7 Å². The molecule has 0 aliphatic heterocycles. The number of nitrogens with two attached hydrogens (primary N) is 1. The summed E-state index contributed by atoms with van der Waals surface area (Å²) in [5.41, 5.74) is 7.41. The lowest BCUT2D eigenvalue weighted by atomic mass is 10.0. The maximum atomic E-state index is 12.9. The molecule has 0 fully saturated rings. The van der Waals surface area contributed by atoms with E-state index in [1.54, 1.807) is 32.0 Å². The van der Waals surface area contributed by atoms with E-state index >= 15 is 0 Å². The molecule has 0 radical (unpaired) electrons. The number of anilines is 1. The fourth-order valence-corrected chi connectivity index (χ4v) is 5.30. The number of hydrogen-bond acceptors (Lipinski definition) is 6. The van der Waals surface area contributed by atoms with Crippen LogP contribution in [0.2, 0.25) is 0 Å². The second kappa shape index (κ2) is 18.5. The first-order valence-electron chi connectivity index (χ1n) is 16.1. The van der Waals surface area contributed by atoms with Crippen LogP contribution in [0.1, 0.15) is 71.4 Å². The summed E-state index contributed by atoms with van der Waals surface area (Å²) < 4.78 is 7.53. The van der Waals surface area contributed by atoms with Crippen LogP contribution in [-0.4, -0.2) is 64.9 Å². The van der Waals surface area contributed by atoms with Gasteiger partial charge in [-0.2, -0.15) is 0 Å².